The Labute approximate surface area is 113 Å². The van der Waals surface area contributed by atoms with Gasteiger partial charge in [-0.2, -0.15) is 5.26 Å². The third-order valence-corrected chi connectivity index (χ3v) is 4.10. The summed E-state index contributed by atoms with van der Waals surface area (Å²) in [5, 5.41) is 9.45. The second kappa shape index (κ2) is 4.75. The van der Waals surface area contributed by atoms with Crippen molar-refractivity contribution in [2.45, 2.75) is 19.3 Å². The molecule has 0 N–H and O–H groups in total. The molecule has 1 aliphatic rings. The molecule has 0 atom stereocenters. The molecular formula is C15H19NO3. The van der Waals surface area contributed by atoms with Crippen molar-refractivity contribution in [3.63, 3.8) is 0 Å². The molecule has 1 aliphatic heterocycles. The van der Waals surface area contributed by atoms with Gasteiger partial charge in [-0.3, -0.25) is 0 Å². The maximum atomic E-state index is 9.45. The van der Waals surface area contributed by atoms with E-state index in [1.165, 1.54) is 0 Å². The van der Waals surface area contributed by atoms with Crippen LogP contribution in [0.1, 0.15) is 19.4 Å². The first-order chi connectivity index (χ1) is 9.00. The van der Waals surface area contributed by atoms with E-state index in [-0.39, 0.29) is 5.41 Å². The van der Waals surface area contributed by atoms with Gasteiger partial charge in [0.25, 0.3) is 0 Å². The average molecular weight is 261 g/mol. The molecule has 1 aromatic carbocycles. The first-order valence-corrected chi connectivity index (χ1v) is 6.22. The number of hydrogen-bond acceptors (Lipinski definition) is 4. The molecule has 0 aromatic heterocycles. The predicted molar refractivity (Wildman–Crippen MR) is 71.4 cm³/mol. The molecule has 1 aromatic rings. The van der Waals surface area contributed by atoms with Gasteiger partial charge < -0.3 is 14.2 Å². The van der Waals surface area contributed by atoms with Crippen LogP contribution >= 0.6 is 0 Å². The number of rotatable bonds is 4. The van der Waals surface area contributed by atoms with Crippen LogP contribution in [-0.2, 0) is 10.2 Å². The molecule has 19 heavy (non-hydrogen) atoms. The van der Waals surface area contributed by atoms with Gasteiger partial charge in [-0.25, -0.2) is 0 Å². The second-order valence-electron chi connectivity index (χ2n) is 5.38. The maximum absolute atomic E-state index is 9.45. The molecule has 1 saturated heterocycles. The molecule has 0 aliphatic carbocycles. The minimum Gasteiger partial charge on any atom is -0.497 e. The van der Waals surface area contributed by atoms with E-state index in [1.54, 1.807) is 14.2 Å². The van der Waals surface area contributed by atoms with Crippen molar-refractivity contribution in [1.82, 2.24) is 0 Å². The lowest BCUT2D eigenvalue weighted by atomic mass is 9.61. The summed E-state index contributed by atoms with van der Waals surface area (Å²) in [6, 6.07) is 8.11. The lowest BCUT2D eigenvalue weighted by Gasteiger charge is -2.49. The molecule has 0 spiro atoms. The SMILES string of the molecule is COc1ccc(C2(C(C)(C)C#N)COC2)c(OC)c1. The molecular weight excluding hydrogens is 242 g/mol. The molecule has 102 valence electrons. The van der Waals surface area contributed by atoms with Crippen molar-refractivity contribution < 1.29 is 14.2 Å². The summed E-state index contributed by atoms with van der Waals surface area (Å²) in [5.41, 5.74) is 0.167. The Morgan fingerprint density at radius 1 is 1.26 bits per heavy atom. The van der Waals surface area contributed by atoms with Gasteiger partial charge in [0.1, 0.15) is 11.5 Å². The van der Waals surface area contributed by atoms with Gasteiger partial charge in [0.2, 0.25) is 0 Å². The van der Waals surface area contributed by atoms with Crippen LogP contribution in [0.25, 0.3) is 0 Å². The van der Waals surface area contributed by atoms with Gasteiger partial charge in [-0.05, 0) is 19.9 Å². The van der Waals surface area contributed by atoms with Gasteiger partial charge in [-0.15, -0.1) is 0 Å². The van der Waals surface area contributed by atoms with Gasteiger partial charge in [0, 0.05) is 11.6 Å². The summed E-state index contributed by atoms with van der Waals surface area (Å²) in [5.74, 6) is 1.48. The van der Waals surface area contributed by atoms with E-state index in [9.17, 15) is 5.26 Å². The van der Waals surface area contributed by atoms with Crippen LogP contribution in [-0.4, -0.2) is 27.4 Å². The van der Waals surface area contributed by atoms with Crippen LogP contribution in [0.15, 0.2) is 18.2 Å². The lowest BCUT2D eigenvalue weighted by molar-refractivity contribution is -0.103. The Kier molecular flexibility index (Phi) is 3.42. The van der Waals surface area contributed by atoms with Crippen molar-refractivity contribution in [3.05, 3.63) is 23.8 Å². The van der Waals surface area contributed by atoms with Crippen molar-refractivity contribution in [3.8, 4) is 17.6 Å². The molecule has 1 heterocycles. The Hall–Kier alpha value is -1.73. The fourth-order valence-corrected chi connectivity index (χ4v) is 2.46. The van der Waals surface area contributed by atoms with E-state index in [1.807, 2.05) is 32.0 Å². The Bertz CT molecular complexity index is 513. The monoisotopic (exact) mass is 261 g/mol. The van der Waals surface area contributed by atoms with Crippen LogP contribution in [0.2, 0.25) is 0 Å². The van der Waals surface area contributed by atoms with Gasteiger partial charge in [0.05, 0.1) is 44.3 Å². The first-order valence-electron chi connectivity index (χ1n) is 6.22. The number of nitrogens with zero attached hydrogens (tertiary/aromatic N) is 1. The Morgan fingerprint density at radius 2 is 1.95 bits per heavy atom. The van der Waals surface area contributed by atoms with Crippen LogP contribution in [0.3, 0.4) is 0 Å². The predicted octanol–water partition coefficient (Wildman–Crippen LogP) is 2.52. The minimum atomic E-state index is -0.521. The number of methoxy groups -OCH3 is 2. The number of nitriles is 1. The normalized spacial score (nSPS) is 17.2. The average Bonchev–Trinajstić information content (AvgIpc) is 2.37. The van der Waals surface area contributed by atoms with Crippen LogP contribution < -0.4 is 9.47 Å². The highest BCUT2D eigenvalue weighted by Gasteiger charge is 2.54. The smallest absolute Gasteiger partial charge is 0.126 e. The Balaban J connectivity index is 2.54. The molecule has 0 radical (unpaired) electrons. The topological polar surface area (TPSA) is 51.5 Å². The van der Waals surface area contributed by atoms with Crippen LogP contribution in [0.4, 0.5) is 0 Å². The molecule has 4 nitrogen and oxygen atoms in total. The molecule has 0 bridgehead atoms. The number of benzene rings is 1. The number of hydrogen-bond donors (Lipinski definition) is 0. The summed E-state index contributed by atoms with van der Waals surface area (Å²) in [6.45, 7) is 4.96. The molecule has 1 fully saturated rings. The zero-order chi connectivity index (χ0) is 14.1. The fraction of sp³-hybridized carbons (Fsp3) is 0.533. The third-order valence-electron chi connectivity index (χ3n) is 4.10. The Morgan fingerprint density at radius 3 is 2.37 bits per heavy atom. The van der Waals surface area contributed by atoms with E-state index in [2.05, 4.69) is 6.07 Å². The first kappa shape index (κ1) is 13.7. The summed E-state index contributed by atoms with van der Waals surface area (Å²) in [4.78, 5) is 0. The van der Waals surface area contributed by atoms with Crippen molar-refractivity contribution in [2.75, 3.05) is 27.4 Å². The van der Waals surface area contributed by atoms with E-state index in [0.717, 1.165) is 17.1 Å². The van der Waals surface area contributed by atoms with Crippen molar-refractivity contribution in [1.29, 1.82) is 5.26 Å². The van der Waals surface area contributed by atoms with E-state index < -0.39 is 5.41 Å². The quantitative estimate of drug-likeness (QED) is 0.835. The maximum Gasteiger partial charge on any atom is 0.126 e. The third kappa shape index (κ3) is 1.95. The van der Waals surface area contributed by atoms with E-state index >= 15 is 0 Å². The van der Waals surface area contributed by atoms with Gasteiger partial charge in [0.15, 0.2) is 0 Å². The zero-order valence-corrected chi connectivity index (χ0v) is 11.8. The summed E-state index contributed by atoms with van der Waals surface area (Å²) < 4.78 is 16.1. The lowest BCUT2D eigenvalue weighted by Crippen LogP contribution is -2.56. The molecule has 0 unspecified atom stereocenters. The van der Waals surface area contributed by atoms with Gasteiger partial charge >= 0.3 is 0 Å². The van der Waals surface area contributed by atoms with Crippen LogP contribution in [0, 0.1) is 16.7 Å². The highest BCUT2D eigenvalue weighted by Crippen LogP contribution is 2.50. The van der Waals surface area contributed by atoms with E-state index in [4.69, 9.17) is 14.2 Å². The molecule has 0 saturated carbocycles. The second-order valence-corrected chi connectivity index (χ2v) is 5.38. The number of ether oxygens (including phenoxy) is 3. The van der Waals surface area contributed by atoms with Crippen molar-refractivity contribution in [2.24, 2.45) is 5.41 Å². The van der Waals surface area contributed by atoms with Crippen LogP contribution in [0.5, 0.6) is 11.5 Å². The fourth-order valence-electron chi connectivity index (χ4n) is 2.46. The zero-order valence-electron chi connectivity index (χ0n) is 11.8. The minimum absolute atomic E-state index is 0.320. The summed E-state index contributed by atoms with van der Waals surface area (Å²) in [7, 11) is 3.25. The van der Waals surface area contributed by atoms with E-state index in [0.29, 0.717) is 13.2 Å². The highest BCUT2D eigenvalue weighted by atomic mass is 16.5. The summed E-state index contributed by atoms with van der Waals surface area (Å²) in [6.07, 6.45) is 0. The standard InChI is InChI=1S/C15H19NO3/c1-14(2,8-16)15(9-19-10-15)12-6-5-11(17-3)7-13(12)18-4/h5-7H,9-10H2,1-4H3. The van der Waals surface area contributed by atoms with Crippen molar-refractivity contribution >= 4 is 0 Å². The van der Waals surface area contributed by atoms with Gasteiger partial charge in [-0.1, -0.05) is 6.07 Å². The summed E-state index contributed by atoms with van der Waals surface area (Å²) >= 11 is 0. The highest BCUT2D eigenvalue weighted by molar-refractivity contribution is 5.48. The molecule has 0 amide bonds. The molecule has 4 heteroatoms. The molecule has 2 rings (SSSR count). The largest absolute Gasteiger partial charge is 0.497 e.